The van der Waals surface area contributed by atoms with Crippen molar-refractivity contribution in [3.8, 4) is 0 Å². The fraction of sp³-hybridized carbons (Fsp3) is 0.634. The molecule has 0 atom stereocenters. The molecule has 1 saturated heterocycles. The van der Waals surface area contributed by atoms with Crippen LogP contribution in [0.15, 0.2) is 72.8 Å². The third kappa shape index (κ3) is 519. The zero-order valence-electron chi connectivity index (χ0n) is 67.9. The average molecular weight is 1400 g/mol. The monoisotopic (exact) mass is 1400 g/mol. The summed E-state index contributed by atoms with van der Waals surface area (Å²) in [4.78, 5) is 101. The number of aryl methyl sites for hydroxylation is 2. The van der Waals surface area contributed by atoms with Gasteiger partial charge in [-0.05, 0) is 135 Å². The van der Waals surface area contributed by atoms with Crippen molar-refractivity contribution in [1.82, 2.24) is 41.8 Å². The van der Waals surface area contributed by atoms with Crippen LogP contribution < -0.4 is 65.6 Å². The first-order valence-electron chi connectivity index (χ1n) is 30.1. The highest BCUT2D eigenvalue weighted by Gasteiger charge is 2.11. The van der Waals surface area contributed by atoms with Crippen LogP contribution in [0.4, 0.5) is 0 Å². The van der Waals surface area contributed by atoms with Crippen molar-refractivity contribution in [2.24, 2.45) is 52.3 Å². The Balaban J connectivity index is -0.0000000184. The van der Waals surface area contributed by atoms with Gasteiger partial charge in [-0.1, -0.05) is 223 Å². The molecule has 29 N–H and O–H groups in total. The predicted octanol–water partition coefficient (Wildman–Crippen LogP) is 14.7. The van der Waals surface area contributed by atoms with Gasteiger partial charge in [0.15, 0.2) is 0 Å². The van der Waals surface area contributed by atoms with E-state index in [1.165, 1.54) is 90.7 Å². The number of hydrogen-bond acceptors (Lipinski definition) is 24. The van der Waals surface area contributed by atoms with E-state index in [4.69, 9.17) is 63.6 Å². The average Bonchev–Trinajstić information content (AvgIpc) is 3.63. The van der Waals surface area contributed by atoms with Gasteiger partial charge in [-0.15, -0.1) is 0 Å². The fourth-order valence-electron chi connectivity index (χ4n) is 3.08. The summed E-state index contributed by atoms with van der Waals surface area (Å²) in [5.41, 5.74) is 26.0. The molecule has 0 bridgehead atoms. The minimum absolute atomic E-state index is 0. The molecule has 2 aromatic carbocycles. The van der Waals surface area contributed by atoms with E-state index < -0.39 is 0 Å². The van der Waals surface area contributed by atoms with Crippen molar-refractivity contribution in [2.45, 2.75) is 229 Å². The second-order valence-electron chi connectivity index (χ2n) is 16.6. The maximum absolute atomic E-state index is 10.7. The molecule has 1 aliphatic rings. The number of unbranched alkanes of at least 4 members (excludes halogenated alkanes) is 1. The zero-order chi connectivity index (χ0) is 78.6. The van der Waals surface area contributed by atoms with Gasteiger partial charge in [0.2, 0.25) is 5.91 Å². The maximum atomic E-state index is 10.7. The number of hydrogen-bond donors (Lipinski definition) is 12. The molecular formula is C71H174N12O13. The second kappa shape index (κ2) is 313. The van der Waals surface area contributed by atoms with Crippen LogP contribution in [0.2, 0.25) is 0 Å². The normalized spacial score (nSPS) is 7.36. The number of allylic oxidation sites excluding steroid dienone is 2. The smallest absolute Gasteiger partial charge is 0.219 e. The van der Waals surface area contributed by atoms with Gasteiger partial charge in [-0.2, -0.15) is 0 Å². The SMILES string of the molecule is C/C=C\CC.C=O.C=O.C=O.C=O.C=O.C=O.C=O.C=O.C=O.C=O.C=O.CC.CC(=O)N1CCCCC1.CC(C)C.CC(C)O.CCC(C)C.CCC(C)C.CCC(C)C.CCCCN.CCc1ccccc1.CCc1ccccc1.CN.CN.CN.CN.N.N.N.N.N.N. The molecule has 596 valence electrons. The summed E-state index contributed by atoms with van der Waals surface area (Å²) in [6.45, 7) is 70.9. The highest BCUT2D eigenvalue weighted by molar-refractivity contribution is 5.73. The molecule has 1 aliphatic heterocycles. The third-order valence-corrected chi connectivity index (χ3v) is 7.78. The first-order valence-corrected chi connectivity index (χ1v) is 30.1. The zero-order valence-corrected chi connectivity index (χ0v) is 67.9. The van der Waals surface area contributed by atoms with Crippen LogP contribution in [-0.4, -0.2) is 145 Å². The van der Waals surface area contributed by atoms with Crippen LogP contribution in [0.25, 0.3) is 0 Å². The van der Waals surface area contributed by atoms with Gasteiger partial charge in [0, 0.05) is 26.1 Å². The van der Waals surface area contributed by atoms with Gasteiger partial charge in [0.1, 0.15) is 74.7 Å². The lowest BCUT2D eigenvalue weighted by Gasteiger charge is -2.24. The highest BCUT2D eigenvalue weighted by atomic mass is 16.3. The van der Waals surface area contributed by atoms with Gasteiger partial charge < -0.3 is 128 Å². The minimum atomic E-state index is -0.167. The molecule has 96 heavy (non-hydrogen) atoms. The summed E-state index contributed by atoms with van der Waals surface area (Å²) < 4.78 is 0. The summed E-state index contributed by atoms with van der Waals surface area (Å²) in [6.07, 6.45) is 17.4. The maximum Gasteiger partial charge on any atom is 0.219 e. The second-order valence-corrected chi connectivity index (χ2v) is 16.6. The molecule has 25 heteroatoms. The topological polar surface area (TPSA) is 568 Å². The van der Waals surface area contributed by atoms with Gasteiger partial charge >= 0.3 is 0 Å². The van der Waals surface area contributed by atoms with Gasteiger partial charge in [-0.3, -0.25) is 4.79 Å². The Labute approximate surface area is 595 Å². The lowest BCUT2D eigenvalue weighted by atomic mass is 10.1. The molecule has 2 aromatic rings. The Morgan fingerprint density at radius 2 is 0.615 bits per heavy atom. The van der Waals surface area contributed by atoms with Crippen LogP contribution in [-0.2, 0) is 70.4 Å². The first-order chi connectivity index (χ1) is 43.3. The van der Waals surface area contributed by atoms with Crippen molar-refractivity contribution in [1.29, 1.82) is 0 Å². The van der Waals surface area contributed by atoms with E-state index in [-0.39, 0.29) is 48.9 Å². The Morgan fingerprint density at radius 1 is 0.438 bits per heavy atom. The Hall–Kier alpha value is -6.46. The Bertz CT molecular complexity index is 1110. The molecular weight excluding hydrogens is 1230 g/mol. The summed E-state index contributed by atoms with van der Waals surface area (Å²) in [5, 5.41) is 8.06. The number of rotatable bonds is 8. The number of amides is 1. The van der Waals surface area contributed by atoms with E-state index >= 15 is 0 Å². The largest absolute Gasteiger partial charge is 0.394 e. The molecule has 1 heterocycles. The van der Waals surface area contributed by atoms with E-state index in [1.54, 1.807) is 20.8 Å². The summed E-state index contributed by atoms with van der Waals surface area (Å²) >= 11 is 0. The predicted molar refractivity (Wildman–Crippen MR) is 430 cm³/mol. The van der Waals surface area contributed by atoms with Crippen LogP contribution >= 0.6 is 0 Å². The van der Waals surface area contributed by atoms with E-state index in [9.17, 15) is 4.79 Å². The summed E-state index contributed by atoms with van der Waals surface area (Å²) in [7, 11) is 6.00. The Kier molecular flexibility index (Phi) is 625. The lowest BCUT2D eigenvalue weighted by molar-refractivity contribution is -0.129. The molecule has 1 amide bonds. The van der Waals surface area contributed by atoms with Gasteiger partial charge in [0.25, 0.3) is 0 Å². The Morgan fingerprint density at radius 3 is 0.677 bits per heavy atom. The third-order valence-electron chi connectivity index (χ3n) is 7.78. The van der Waals surface area contributed by atoms with Gasteiger partial charge in [0.05, 0.1) is 0 Å². The number of carbonyl (C=O) groups excluding carboxylic acids is 12. The summed E-state index contributed by atoms with van der Waals surface area (Å²) in [6, 6.07) is 20.9. The number of benzene rings is 2. The van der Waals surface area contributed by atoms with Crippen LogP contribution in [0, 0.1) is 23.7 Å². The van der Waals surface area contributed by atoms with Crippen molar-refractivity contribution < 1.29 is 62.6 Å². The van der Waals surface area contributed by atoms with Crippen molar-refractivity contribution in [3.63, 3.8) is 0 Å². The molecule has 0 spiro atoms. The van der Waals surface area contributed by atoms with Crippen molar-refractivity contribution >= 4 is 80.6 Å². The molecule has 0 aliphatic carbocycles. The van der Waals surface area contributed by atoms with Crippen molar-refractivity contribution in [3.05, 3.63) is 83.9 Å². The molecule has 3 rings (SSSR count). The van der Waals surface area contributed by atoms with Crippen LogP contribution in [0.3, 0.4) is 0 Å². The molecule has 0 radical (unpaired) electrons. The number of aliphatic hydroxyl groups excluding tert-OH is 1. The van der Waals surface area contributed by atoms with Crippen molar-refractivity contribution in [2.75, 3.05) is 47.8 Å². The van der Waals surface area contributed by atoms with Crippen LogP contribution in [0.1, 0.15) is 221 Å². The van der Waals surface area contributed by atoms with Gasteiger partial charge in [-0.25, -0.2) is 0 Å². The lowest BCUT2D eigenvalue weighted by Crippen LogP contribution is -2.33. The van der Waals surface area contributed by atoms with E-state index in [0.717, 1.165) is 62.6 Å². The minimum Gasteiger partial charge on any atom is -0.394 e. The molecule has 25 nitrogen and oxygen atoms in total. The number of piperidine rings is 1. The van der Waals surface area contributed by atoms with E-state index in [2.05, 4.69) is 194 Å². The highest BCUT2D eigenvalue weighted by Crippen LogP contribution is 2.07. The number of nitrogens with zero attached hydrogens (tertiary/aromatic N) is 1. The number of nitrogens with two attached hydrogens (primary N) is 5. The quantitative estimate of drug-likeness (QED) is 0.109. The molecule has 0 aromatic heterocycles. The van der Waals surface area contributed by atoms with E-state index in [1.807, 2.05) is 112 Å². The number of likely N-dealkylation sites (tertiary alicyclic amines) is 1. The number of aliphatic hydroxyl groups is 1. The first kappa shape index (κ1) is 192. The fourth-order valence-corrected chi connectivity index (χ4v) is 3.08. The molecule has 1 fully saturated rings. The molecule has 0 unspecified atom stereocenters. The van der Waals surface area contributed by atoms with E-state index in [0.29, 0.717) is 0 Å². The standard InChI is InChI=1S/2C8H10.C7H13NO.3C5H12.C5H10.C4H11N.C4H10.C3H8O.C2H6.4CH5N.11CH2O.6H3N/c2*1-2-8-6-4-3-5-7-8;1-7(9)8-5-3-2-4-6-8;3*1-4-5(2)3;1-3-5-4-2;1-2-3-4-5;1-4(2)3;1-3(2)4;16*1-2;;;;;;/h2*3-7H,2H2,1H3;2-6H2,1H3;3*5H,4H2,1-3H3;3,5H,4H2,1-2H3;2-5H2,1H3;4H,1-3H3;3-4H,1-2H3;1-2H3;4*2H2,1H3;11*1H2;6*1H3/b;;;;;;5-3-;;;;;;;;;;;;;;;;;;;;;;;;;. The number of carbonyl (C=O) groups is 12. The molecule has 0 saturated carbocycles. The summed E-state index contributed by atoms with van der Waals surface area (Å²) in [5.74, 6) is 3.72. The van der Waals surface area contributed by atoms with Crippen LogP contribution in [0.5, 0.6) is 0 Å².